The second-order valence-electron chi connectivity index (χ2n) is 6.50. The van der Waals surface area contributed by atoms with E-state index in [1.165, 1.54) is 12.1 Å². The van der Waals surface area contributed by atoms with Crippen LogP contribution in [0, 0.1) is 5.82 Å². The molecule has 0 atom stereocenters. The Hall–Kier alpha value is -3.80. The fraction of sp³-hybridized carbons (Fsp3) is 0.0455. The smallest absolute Gasteiger partial charge is 0.260 e. The maximum absolute atomic E-state index is 14.3. The van der Waals surface area contributed by atoms with Gasteiger partial charge in [0.2, 0.25) is 5.78 Å². The SMILES string of the molecule is O=c1cc(-c2ccccn2)nc2n(Cc3ccccc3F)c3ccccc3n12. The van der Waals surface area contributed by atoms with Crippen molar-refractivity contribution < 1.29 is 4.39 Å². The van der Waals surface area contributed by atoms with Crippen LogP contribution in [0.15, 0.2) is 83.8 Å². The van der Waals surface area contributed by atoms with Crippen LogP contribution in [0.1, 0.15) is 5.56 Å². The van der Waals surface area contributed by atoms with E-state index in [0.29, 0.717) is 22.7 Å². The molecule has 28 heavy (non-hydrogen) atoms. The number of imidazole rings is 1. The fourth-order valence-electron chi connectivity index (χ4n) is 3.47. The Morgan fingerprint density at radius 1 is 0.857 bits per heavy atom. The second-order valence-corrected chi connectivity index (χ2v) is 6.50. The predicted octanol–water partition coefficient (Wildman–Crippen LogP) is 3.90. The number of hydrogen-bond acceptors (Lipinski definition) is 3. The Balaban J connectivity index is 1.83. The summed E-state index contributed by atoms with van der Waals surface area (Å²) in [4.78, 5) is 21.9. The zero-order valence-electron chi connectivity index (χ0n) is 14.8. The number of hydrogen-bond donors (Lipinski definition) is 0. The largest absolute Gasteiger partial charge is 0.305 e. The maximum Gasteiger partial charge on any atom is 0.260 e. The van der Waals surface area contributed by atoms with E-state index in [1.54, 1.807) is 28.8 Å². The summed E-state index contributed by atoms with van der Waals surface area (Å²) in [6.45, 7) is 0.266. The molecule has 0 saturated carbocycles. The van der Waals surface area contributed by atoms with Gasteiger partial charge in [-0.15, -0.1) is 0 Å². The molecular weight excluding hydrogens is 355 g/mol. The van der Waals surface area contributed by atoms with Gasteiger partial charge in [0.1, 0.15) is 5.82 Å². The maximum atomic E-state index is 14.3. The van der Waals surface area contributed by atoms with Crippen molar-refractivity contribution in [3.63, 3.8) is 0 Å². The first kappa shape index (κ1) is 16.4. The second kappa shape index (κ2) is 6.42. The first-order chi connectivity index (χ1) is 13.7. The molecular formula is C22H15FN4O. The summed E-state index contributed by atoms with van der Waals surface area (Å²) < 4.78 is 17.7. The minimum absolute atomic E-state index is 0.200. The molecule has 3 heterocycles. The average Bonchev–Trinajstić information content (AvgIpc) is 3.04. The molecule has 0 bridgehead atoms. The van der Waals surface area contributed by atoms with Crippen molar-refractivity contribution in [3.8, 4) is 11.4 Å². The van der Waals surface area contributed by atoms with E-state index in [-0.39, 0.29) is 17.9 Å². The van der Waals surface area contributed by atoms with Gasteiger partial charge in [0.05, 0.1) is 29.0 Å². The van der Waals surface area contributed by atoms with Crippen molar-refractivity contribution in [2.24, 2.45) is 0 Å². The lowest BCUT2D eigenvalue weighted by Gasteiger charge is -2.08. The number of rotatable bonds is 3. The molecule has 0 radical (unpaired) electrons. The van der Waals surface area contributed by atoms with Crippen molar-refractivity contribution in [2.45, 2.75) is 6.54 Å². The Labute approximate surface area is 159 Å². The molecule has 0 aliphatic heterocycles. The highest BCUT2D eigenvalue weighted by atomic mass is 19.1. The number of fused-ring (bicyclic) bond motifs is 3. The molecule has 0 unspecified atom stereocenters. The molecule has 0 spiro atoms. The van der Waals surface area contributed by atoms with Crippen molar-refractivity contribution >= 4 is 16.8 Å². The van der Waals surface area contributed by atoms with Gasteiger partial charge in [0.15, 0.2) is 0 Å². The highest BCUT2D eigenvalue weighted by Crippen LogP contribution is 2.22. The minimum Gasteiger partial charge on any atom is -0.305 e. The van der Waals surface area contributed by atoms with Gasteiger partial charge < -0.3 is 4.57 Å². The monoisotopic (exact) mass is 370 g/mol. The number of nitrogens with zero attached hydrogens (tertiary/aromatic N) is 4. The molecule has 2 aromatic carbocycles. The van der Waals surface area contributed by atoms with Gasteiger partial charge in [-0.05, 0) is 30.3 Å². The van der Waals surface area contributed by atoms with Crippen LogP contribution in [0.25, 0.3) is 28.2 Å². The van der Waals surface area contributed by atoms with Gasteiger partial charge in [-0.1, -0.05) is 36.4 Å². The van der Waals surface area contributed by atoms with Crippen LogP contribution in [0.3, 0.4) is 0 Å². The molecule has 5 rings (SSSR count). The lowest BCUT2D eigenvalue weighted by molar-refractivity contribution is 0.603. The zero-order valence-corrected chi connectivity index (χ0v) is 14.8. The summed E-state index contributed by atoms with van der Waals surface area (Å²) in [5, 5.41) is 0. The van der Waals surface area contributed by atoms with Gasteiger partial charge in [-0.25, -0.2) is 13.8 Å². The van der Waals surface area contributed by atoms with Crippen LogP contribution >= 0.6 is 0 Å². The normalized spacial score (nSPS) is 11.3. The predicted molar refractivity (Wildman–Crippen MR) is 106 cm³/mol. The highest BCUT2D eigenvalue weighted by molar-refractivity contribution is 5.81. The van der Waals surface area contributed by atoms with Crippen molar-refractivity contribution in [2.75, 3.05) is 0 Å². The van der Waals surface area contributed by atoms with Gasteiger partial charge in [-0.2, -0.15) is 0 Å². The van der Waals surface area contributed by atoms with Crippen LogP contribution in [0.5, 0.6) is 0 Å². The van der Waals surface area contributed by atoms with E-state index < -0.39 is 0 Å². The third kappa shape index (κ3) is 2.58. The average molecular weight is 370 g/mol. The van der Waals surface area contributed by atoms with E-state index >= 15 is 0 Å². The lowest BCUT2D eigenvalue weighted by Crippen LogP contribution is -2.15. The molecule has 0 fully saturated rings. The van der Waals surface area contributed by atoms with E-state index in [2.05, 4.69) is 4.98 Å². The van der Waals surface area contributed by atoms with Crippen LogP contribution in [-0.4, -0.2) is 18.9 Å². The van der Waals surface area contributed by atoms with E-state index in [4.69, 9.17) is 4.98 Å². The van der Waals surface area contributed by atoms with Gasteiger partial charge >= 0.3 is 0 Å². The fourth-order valence-corrected chi connectivity index (χ4v) is 3.47. The van der Waals surface area contributed by atoms with Crippen LogP contribution in [-0.2, 0) is 6.54 Å². The molecule has 3 aromatic heterocycles. The highest BCUT2D eigenvalue weighted by Gasteiger charge is 2.16. The summed E-state index contributed by atoms with van der Waals surface area (Å²) in [5.41, 5.74) is 2.98. The van der Waals surface area contributed by atoms with E-state index in [1.807, 2.05) is 47.0 Å². The third-order valence-electron chi connectivity index (χ3n) is 4.77. The van der Waals surface area contributed by atoms with Crippen LogP contribution in [0.2, 0.25) is 0 Å². The number of pyridine rings is 1. The zero-order chi connectivity index (χ0) is 19.1. The number of benzene rings is 2. The summed E-state index contributed by atoms with van der Waals surface area (Å²) in [7, 11) is 0. The number of para-hydroxylation sites is 2. The number of aromatic nitrogens is 4. The summed E-state index contributed by atoms with van der Waals surface area (Å²) >= 11 is 0. The molecule has 136 valence electrons. The lowest BCUT2D eigenvalue weighted by atomic mass is 10.2. The van der Waals surface area contributed by atoms with Gasteiger partial charge in [-0.3, -0.25) is 9.78 Å². The standard InChI is InChI=1S/C22H15FN4O/c23-16-8-2-1-7-15(16)14-26-19-10-3-4-11-20(19)27-21(28)13-18(25-22(26)27)17-9-5-6-12-24-17/h1-13H,14H2. The van der Waals surface area contributed by atoms with Crippen molar-refractivity contribution in [1.82, 2.24) is 18.9 Å². The van der Waals surface area contributed by atoms with Crippen molar-refractivity contribution in [1.29, 1.82) is 0 Å². The molecule has 5 nitrogen and oxygen atoms in total. The Bertz CT molecular complexity index is 1370. The van der Waals surface area contributed by atoms with Gasteiger partial charge in [0.25, 0.3) is 5.56 Å². The quantitative estimate of drug-likeness (QED) is 0.484. The molecule has 5 aromatic rings. The third-order valence-corrected chi connectivity index (χ3v) is 4.77. The van der Waals surface area contributed by atoms with Crippen molar-refractivity contribution in [3.05, 3.63) is 101 Å². The first-order valence-corrected chi connectivity index (χ1v) is 8.88. The number of halogens is 1. The molecule has 0 N–H and O–H groups in total. The molecule has 6 heteroatoms. The Morgan fingerprint density at radius 3 is 2.39 bits per heavy atom. The minimum atomic E-state index is -0.290. The Morgan fingerprint density at radius 2 is 1.61 bits per heavy atom. The summed E-state index contributed by atoms with van der Waals surface area (Å²) in [6, 6.07) is 21.1. The van der Waals surface area contributed by atoms with E-state index in [0.717, 1.165) is 11.0 Å². The Kier molecular flexibility index (Phi) is 3.76. The van der Waals surface area contributed by atoms with Crippen LogP contribution in [0.4, 0.5) is 4.39 Å². The molecule has 0 aliphatic carbocycles. The van der Waals surface area contributed by atoms with Crippen LogP contribution < -0.4 is 5.56 Å². The molecule has 0 aliphatic rings. The van der Waals surface area contributed by atoms with E-state index in [9.17, 15) is 9.18 Å². The summed E-state index contributed by atoms with van der Waals surface area (Å²) in [6.07, 6.45) is 1.66. The topological polar surface area (TPSA) is 52.2 Å². The molecule has 0 saturated heterocycles. The summed E-state index contributed by atoms with van der Waals surface area (Å²) in [5.74, 6) is 0.166. The first-order valence-electron chi connectivity index (χ1n) is 8.88. The molecule has 0 amide bonds. The van der Waals surface area contributed by atoms with Gasteiger partial charge in [0, 0.05) is 17.8 Å².